The van der Waals surface area contributed by atoms with Gasteiger partial charge in [0.05, 0.1) is 0 Å². The summed E-state index contributed by atoms with van der Waals surface area (Å²) < 4.78 is 0. The highest BCUT2D eigenvalue weighted by Gasteiger charge is 1.95. The smallest absolute Gasteiger partial charge is 0.0317 e. The van der Waals surface area contributed by atoms with Crippen LogP contribution in [0.4, 0.5) is 0 Å². The van der Waals surface area contributed by atoms with Crippen molar-refractivity contribution in [1.82, 2.24) is 0 Å². The maximum atomic E-state index is 2.24. The van der Waals surface area contributed by atoms with E-state index in [0.717, 1.165) is 0 Å². The van der Waals surface area contributed by atoms with Crippen molar-refractivity contribution in [3.63, 3.8) is 0 Å². The molecule has 0 amide bonds. The molecule has 1 aliphatic rings. The van der Waals surface area contributed by atoms with Crippen molar-refractivity contribution in [2.24, 2.45) is 0 Å². The lowest BCUT2D eigenvalue weighted by Crippen LogP contribution is -1.75. The second-order valence-corrected chi connectivity index (χ2v) is 2.88. The van der Waals surface area contributed by atoms with Crippen molar-refractivity contribution < 1.29 is 0 Å². The highest BCUT2D eigenvalue weighted by atomic mass is 14.0. The molecule has 0 N–H and O–H groups in total. The van der Waals surface area contributed by atoms with E-state index in [-0.39, 0.29) is 0 Å². The molecule has 0 heterocycles. The predicted octanol–water partition coefficient (Wildman–Crippen LogP) is 3.06. The second-order valence-electron chi connectivity index (χ2n) is 2.88. The Kier molecular flexibility index (Phi) is 2.10. The molecule has 0 aromatic carbocycles. The van der Waals surface area contributed by atoms with Gasteiger partial charge in [-0.1, -0.05) is 23.3 Å². The van der Waals surface area contributed by atoms with Crippen molar-refractivity contribution in [3.05, 3.63) is 23.3 Å². The molecule has 0 saturated carbocycles. The summed E-state index contributed by atoms with van der Waals surface area (Å²) >= 11 is 0. The molecule has 0 fully saturated rings. The molecule has 0 aliphatic heterocycles. The van der Waals surface area contributed by atoms with Crippen LogP contribution in [0.15, 0.2) is 23.3 Å². The summed E-state index contributed by atoms with van der Waals surface area (Å²) in [5, 5.41) is 0. The summed E-state index contributed by atoms with van der Waals surface area (Å²) in [5.41, 5.74) is 3.04. The summed E-state index contributed by atoms with van der Waals surface area (Å²) in [7, 11) is 0. The van der Waals surface area contributed by atoms with E-state index in [1.54, 1.807) is 0 Å². The fourth-order valence-electron chi connectivity index (χ4n) is 1.10. The second kappa shape index (κ2) is 2.86. The van der Waals surface area contributed by atoms with Gasteiger partial charge in [0, 0.05) is 0 Å². The zero-order valence-electron chi connectivity index (χ0n) is 6.28. The van der Waals surface area contributed by atoms with Crippen molar-refractivity contribution in [2.45, 2.75) is 33.1 Å². The monoisotopic (exact) mass is 122 g/mol. The standard InChI is InChI=1S/C9H14/c1-8-4-3-5-9(2)7-6-8/h6-7H,3-5H2,1-2H3. The largest absolute Gasteiger partial charge is 0.0733 e. The number of allylic oxidation sites excluding steroid dienone is 4. The molecule has 1 aliphatic carbocycles. The van der Waals surface area contributed by atoms with Gasteiger partial charge in [0.25, 0.3) is 0 Å². The number of rotatable bonds is 0. The van der Waals surface area contributed by atoms with E-state index in [9.17, 15) is 0 Å². The Morgan fingerprint density at radius 2 is 1.44 bits per heavy atom. The van der Waals surface area contributed by atoms with Crippen LogP contribution in [0.5, 0.6) is 0 Å². The van der Waals surface area contributed by atoms with E-state index in [4.69, 9.17) is 0 Å². The Balaban J connectivity index is 2.63. The van der Waals surface area contributed by atoms with Gasteiger partial charge in [0.15, 0.2) is 0 Å². The van der Waals surface area contributed by atoms with E-state index in [0.29, 0.717) is 0 Å². The minimum atomic E-state index is 1.29. The summed E-state index contributed by atoms with van der Waals surface area (Å²) in [6, 6.07) is 0. The van der Waals surface area contributed by atoms with Crippen LogP contribution in [-0.2, 0) is 0 Å². The molecule has 0 aromatic rings. The Morgan fingerprint density at radius 1 is 1.00 bits per heavy atom. The van der Waals surface area contributed by atoms with Crippen LogP contribution in [0.1, 0.15) is 33.1 Å². The zero-order chi connectivity index (χ0) is 6.69. The first-order valence-corrected chi connectivity index (χ1v) is 3.62. The van der Waals surface area contributed by atoms with Gasteiger partial charge in [0.1, 0.15) is 0 Å². The molecule has 0 spiro atoms. The number of hydrogen-bond donors (Lipinski definition) is 0. The molecule has 0 atom stereocenters. The Morgan fingerprint density at radius 3 is 1.89 bits per heavy atom. The molecule has 0 aromatic heterocycles. The van der Waals surface area contributed by atoms with Crippen LogP contribution in [0.25, 0.3) is 0 Å². The third-order valence-electron chi connectivity index (χ3n) is 1.79. The molecule has 9 heavy (non-hydrogen) atoms. The van der Waals surface area contributed by atoms with Crippen LogP contribution in [-0.4, -0.2) is 0 Å². The maximum absolute atomic E-state index is 2.24. The molecule has 0 heteroatoms. The third kappa shape index (κ3) is 2.05. The van der Waals surface area contributed by atoms with Crippen molar-refractivity contribution in [2.75, 3.05) is 0 Å². The SMILES string of the molecule is CC1=CC=C(C)CCC1. The predicted molar refractivity (Wildman–Crippen MR) is 41.4 cm³/mol. The lowest BCUT2D eigenvalue weighted by Gasteiger charge is -1.94. The van der Waals surface area contributed by atoms with Gasteiger partial charge >= 0.3 is 0 Å². The minimum absolute atomic E-state index is 1.29. The Hall–Kier alpha value is -0.520. The third-order valence-corrected chi connectivity index (χ3v) is 1.79. The topological polar surface area (TPSA) is 0 Å². The first-order chi connectivity index (χ1) is 4.29. The Bertz CT molecular complexity index is 131. The Labute approximate surface area is 57.3 Å². The van der Waals surface area contributed by atoms with Crippen molar-refractivity contribution in [3.8, 4) is 0 Å². The molecule has 0 unspecified atom stereocenters. The van der Waals surface area contributed by atoms with Gasteiger partial charge in [-0.3, -0.25) is 0 Å². The first-order valence-electron chi connectivity index (χ1n) is 3.62. The minimum Gasteiger partial charge on any atom is -0.0733 e. The van der Waals surface area contributed by atoms with Crippen LogP contribution >= 0.6 is 0 Å². The van der Waals surface area contributed by atoms with E-state index in [2.05, 4.69) is 26.0 Å². The van der Waals surface area contributed by atoms with E-state index < -0.39 is 0 Å². The molecule has 1 rings (SSSR count). The van der Waals surface area contributed by atoms with Gasteiger partial charge in [-0.15, -0.1) is 0 Å². The fraction of sp³-hybridized carbons (Fsp3) is 0.556. The van der Waals surface area contributed by atoms with Crippen LogP contribution in [0.3, 0.4) is 0 Å². The highest BCUT2D eigenvalue weighted by molar-refractivity contribution is 5.17. The first kappa shape index (κ1) is 6.60. The number of hydrogen-bond acceptors (Lipinski definition) is 0. The highest BCUT2D eigenvalue weighted by Crippen LogP contribution is 2.15. The zero-order valence-corrected chi connectivity index (χ0v) is 6.28. The molecule has 0 nitrogen and oxygen atoms in total. The lowest BCUT2D eigenvalue weighted by molar-refractivity contribution is 0.814. The molecule has 0 bridgehead atoms. The maximum Gasteiger partial charge on any atom is -0.0317 e. The average molecular weight is 122 g/mol. The normalized spacial score (nSPS) is 20.2. The van der Waals surface area contributed by atoms with Gasteiger partial charge in [0.2, 0.25) is 0 Å². The fourth-order valence-corrected chi connectivity index (χ4v) is 1.10. The van der Waals surface area contributed by atoms with E-state index in [1.807, 2.05) is 0 Å². The average Bonchev–Trinajstić information content (AvgIpc) is 1.97. The molecule has 50 valence electrons. The van der Waals surface area contributed by atoms with Gasteiger partial charge in [-0.05, 0) is 33.1 Å². The molecular formula is C9H14. The van der Waals surface area contributed by atoms with Gasteiger partial charge < -0.3 is 0 Å². The lowest BCUT2D eigenvalue weighted by atomic mass is 10.1. The van der Waals surface area contributed by atoms with E-state index in [1.165, 1.54) is 30.4 Å². The van der Waals surface area contributed by atoms with Crippen LogP contribution < -0.4 is 0 Å². The summed E-state index contributed by atoms with van der Waals surface area (Å²) in [5.74, 6) is 0. The molecular weight excluding hydrogens is 108 g/mol. The van der Waals surface area contributed by atoms with Gasteiger partial charge in [-0.2, -0.15) is 0 Å². The van der Waals surface area contributed by atoms with Crippen LogP contribution in [0, 0.1) is 0 Å². The molecule has 0 radical (unpaired) electrons. The molecule has 0 saturated heterocycles. The van der Waals surface area contributed by atoms with Crippen molar-refractivity contribution in [1.29, 1.82) is 0 Å². The van der Waals surface area contributed by atoms with Crippen LogP contribution in [0.2, 0.25) is 0 Å². The van der Waals surface area contributed by atoms with Gasteiger partial charge in [-0.25, -0.2) is 0 Å². The summed E-state index contributed by atoms with van der Waals surface area (Å²) in [6.07, 6.45) is 8.39. The summed E-state index contributed by atoms with van der Waals surface area (Å²) in [6.45, 7) is 4.41. The quantitative estimate of drug-likeness (QED) is 0.463. The van der Waals surface area contributed by atoms with E-state index >= 15 is 0 Å². The summed E-state index contributed by atoms with van der Waals surface area (Å²) in [4.78, 5) is 0. The van der Waals surface area contributed by atoms with Crippen molar-refractivity contribution >= 4 is 0 Å².